The van der Waals surface area contributed by atoms with Crippen molar-refractivity contribution in [3.63, 3.8) is 0 Å². The van der Waals surface area contributed by atoms with E-state index in [1.807, 2.05) is 0 Å². The van der Waals surface area contributed by atoms with Gasteiger partial charge in [0.1, 0.15) is 13.1 Å². The molecule has 0 spiro atoms. The van der Waals surface area contributed by atoms with Crippen molar-refractivity contribution < 1.29 is 43.1 Å². The normalized spacial score (nSPS) is 10.8. The van der Waals surface area contributed by atoms with Crippen LogP contribution in [0.15, 0.2) is 83.9 Å². The first kappa shape index (κ1) is 23.7. The molecular weight excluding hydrogens is 584 g/mol. The van der Waals surface area contributed by atoms with Crippen LogP contribution in [0.3, 0.4) is 0 Å². The number of imidazole rings is 2. The summed E-state index contributed by atoms with van der Waals surface area (Å²) in [4.78, 5) is 0. The first-order valence-corrected chi connectivity index (χ1v) is 10.5. The highest BCUT2D eigenvalue weighted by molar-refractivity contribution is 9.10. The van der Waals surface area contributed by atoms with E-state index in [1.165, 1.54) is 37.7 Å². The van der Waals surface area contributed by atoms with Crippen molar-refractivity contribution in [1.29, 1.82) is 0 Å². The van der Waals surface area contributed by atoms with E-state index in [-0.39, 0.29) is 34.0 Å². The van der Waals surface area contributed by atoms with E-state index in [1.54, 1.807) is 0 Å². The van der Waals surface area contributed by atoms with Gasteiger partial charge in [0.15, 0.2) is 22.1 Å². The molecule has 4 nitrogen and oxygen atoms in total. The van der Waals surface area contributed by atoms with Gasteiger partial charge in [-0.05, 0) is 40.2 Å². The van der Waals surface area contributed by atoms with Crippen molar-refractivity contribution in [2.24, 2.45) is 14.1 Å². The number of hydrogen-bond donors (Lipinski definition) is 0. The Kier molecular flexibility index (Phi) is 7.39. The highest BCUT2D eigenvalue weighted by atomic mass is 79.9. The first-order valence-electron chi connectivity index (χ1n) is 9.75. The minimum absolute atomic E-state index is 0. The molecular formula is C24H23Br3N4. The summed E-state index contributed by atoms with van der Waals surface area (Å²) in [5.41, 5.74) is 7.54. The van der Waals surface area contributed by atoms with E-state index in [0.29, 0.717) is 0 Å². The van der Waals surface area contributed by atoms with Gasteiger partial charge in [-0.25, -0.2) is 18.3 Å². The smallest absolute Gasteiger partial charge is 0.244 e. The van der Waals surface area contributed by atoms with Crippen molar-refractivity contribution in [3.8, 4) is 0 Å². The molecule has 0 unspecified atom stereocenters. The van der Waals surface area contributed by atoms with Crippen LogP contribution in [0.5, 0.6) is 0 Å². The van der Waals surface area contributed by atoms with Crippen LogP contribution in [0.4, 0.5) is 0 Å². The van der Waals surface area contributed by atoms with Gasteiger partial charge >= 0.3 is 0 Å². The Labute approximate surface area is 211 Å². The summed E-state index contributed by atoms with van der Waals surface area (Å²) in [6.45, 7) is 1.66. The van der Waals surface area contributed by atoms with E-state index >= 15 is 0 Å². The zero-order valence-corrected chi connectivity index (χ0v) is 22.1. The SMILES string of the molecule is C[n+]1cn(Cc2cccc(Cn3c[n+](C)c4ccccc43)c2Br)c2ccccc21.[Br-].[Br-]. The first-order chi connectivity index (χ1) is 14.1. The van der Waals surface area contributed by atoms with Crippen molar-refractivity contribution >= 4 is 38.0 Å². The van der Waals surface area contributed by atoms with Crippen LogP contribution in [0.1, 0.15) is 11.1 Å². The number of hydrogen-bond acceptors (Lipinski definition) is 0. The Bertz CT molecular complexity index is 1250. The number of halogens is 3. The van der Waals surface area contributed by atoms with Gasteiger partial charge in [0.05, 0.1) is 14.1 Å². The van der Waals surface area contributed by atoms with Gasteiger partial charge in [-0.15, -0.1) is 0 Å². The summed E-state index contributed by atoms with van der Waals surface area (Å²) in [7, 11) is 4.20. The second kappa shape index (κ2) is 9.67. The second-order valence-electron chi connectivity index (χ2n) is 7.58. The summed E-state index contributed by atoms with van der Waals surface area (Å²) in [6.07, 6.45) is 4.34. The summed E-state index contributed by atoms with van der Waals surface area (Å²) < 4.78 is 10.2. The van der Waals surface area contributed by atoms with Gasteiger partial charge in [0.2, 0.25) is 12.7 Å². The summed E-state index contributed by atoms with van der Waals surface area (Å²) in [6, 6.07) is 23.6. The van der Waals surface area contributed by atoms with Crippen LogP contribution in [-0.4, -0.2) is 9.13 Å². The number of fused-ring (bicyclic) bond motifs is 2. The lowest BCUT2D eigenvalue weighted by Crippen LogP contribution is -3.00. The Morgan fingerprint density at radius 2 is 1.06 bits per heavy atom. The highest BCUT2D eigenvalue weighted by Gasteiger charge is 2.17. The van der Waals surface area contributed by atoms with Crippen LogP contribution < -0.4 is 43.1 Å². The predicted octanol–water partition coefficient (Wildman–Crippen LogP) is -1.89. The summed E-state index contributed by atoms with van der Waals surface area (Å²) in [5.74, 6) is 0. The molecule has 0 aliphatic rings. The van der Waals surface area contributed by atoms with Crippen LogP contribution >= 0.6 is 15.9 Å². The minimum atomic E-state index is 0. The third-order valence-corrected chi connectivity index (χ3v) is 6.63. The predicted molar refractivity (Wildman–Crippen MR) is 119 cm³/mol. The lowest BCUT2D eigenvalue weighted by molar-refractivity contribution is -0.645. The molecule has 0 saturated heterocycles. The van der Waals surface area contributed by atoms with Crippen molar-refractivity contribution in [3.05, 3.63) is 95.0 Å². The topological polar surface area (TPSA) is 17.6 Å². The van der Waals surface area contributed by atoms with Gasteiger partial charge in [-0.2, -0.15) is 0 Å². The zero-order chi connectivity index (χ0) is 20.0. The zero-order valence-electron chi connectivity index (χ0n) is 17.3. The molecule has 160 valence electrons. The summed E-state index contributed by atoms with van der Waals surface area (Å²) >= 11 is 3.90. The van der Waals surface area contributed by atoms with E-state index < -0.39 is 0 Å². The molecule has 0 aliphatic heterocycles. The molecule has 0 fully saturated rings. The Balaban J connectivity index is 0.00000136. The molecule has 3 aromatic carbocycles. The molecule has 0 bridgehead atoms. The molecule has 5 rings (SSSR count). The maximum atomic E-state index is 3.90. The van der Waals surface area contributed by atoms with E-state index in [0.717, 1.165) is 13.1 Å². The maximum absolute atomic E-state index is 3.90. The lowest BCUT2D eigenvalue weighted by atomic mass is 10.1. The van der Waals surface area contributed by atoms with Crippen molar-refractivity contribution in [2.45, 2.75) is 13.1 Å². The van der Waals surface area contributed by atoms with Crippen LogP contribution in [0, 0.1) is 0 Å². The number of benzene rings is 3. The quantitative estimate of drug-likeness (QED) is 0.213. The van der Waals surface area contributed by atoms with Gasteiger partial charge < -0.3 is 34.0 Å². The maximum Gasteiger partial charge on any atom is 0.244 e. The van der Waals surface area contributed by atoms with Crippen LogP contribution in [0.2, 0.25) is 0 Å². The number of aromatic nitrogens is 4. The fourth-order valence-electron chi connectivity index (χ4n) is 4.17. The molecule has 0 atom stereocenters. The third kappa shape index (κ3) is 4.36. The van der Waals surface area contributed by atoms with Gasteiger partial charge in [0, 0.05) is 15.6 Å². The molecule has 5 aromatic rings. The Morgan fingerprint density at radius 3 is 1.52 bits per heavy atom. The average Bonchev–Trinajstić information content (AvgIpc) is 3.23. The van der Waals surface area contributed by atoms with E-state index in [9.17, 15) is 0 Å². The van der Waals surface area contributed by atoms with E-state index in [2.05, 4.69) is 128 Å². The molecule has 2 aromatic heterocycles. The third-order valence-electron chi connectivity index (χ3n) is 5.61. The Morgan fingerprint density at radius 1 is 0.645 bits per heavy atom. The van der Waals surface area contributed by atoms with Crippen molar-refractivity contribution in [1.82, 2.24) is 9.13 Å². The summed E-state index contributed by atoms with van der Waals surface area (Å²) in [5, 5.41) is 0. The molecule has 0 aliphatic carbocycles. The van der Waals surface area contributed by atoms with Crippen molar-refractivity contribution in [2.75, 3.05) is 0 Å². The number of aryl methyl sites for hydroxylation is 2. The van der Waals surface area contributed by atoms with Gasteiger partial charge in [0.25, 0.3) is 0 Å². The molecule has 31 heavy (non-hydrogen) atoms. The monoisotopic (exact) mass is 604 g/mol. The molecule has 0 N–H and O–H groups in total. The van der Waals surface area contributed by atoms with E-state index in [4.69, 9.17) is 0 Å². The molecule has 0 amide bonds. The number of para-hydroxylation sites is 4. The van der Waals surface area contributed by atoms with Crippen LogP contribution in [-0.2, 0) is 27.2 Å². The fourth-order valence-corrected chi connectivity index (χ4v) is 4.69. The number of rotatable bonds is 4. The fraction of sp³-hybridized carbons (Fsp3) is 0.167. The number of nitrogens with zero attached hydrogens (tertiary/aromatic N) is 4. The van der Waals surface area contributed by atoms with Crippen LogP contribution in [0.25, 0.3) is 22.1 Å². The highest BCUT2D eigenvalue weighted by Crippen LogP contribution is 2.25. The molecule has 0 radical (unpaired) electrons. The Hall–Kier alpha value is -1.96. The van der Waals surface area contributed by atoms with Gasteiger partial charge in [-0.3, -0.25) is 0 Å². The largest absolute Gasteiger partial charge is 1.00 e. The molecule has 7 heteroatoms. The van der Waals surface area contributed by atoms with Gasteiger partial charge in [-0.1, -0.05) is 42.5 Å². The molecule has 0 saturated carbocycles. The minimum Gasteiger partial charge on any atom is -1.00 e. The standard InChI is InChI=1S/C24H23BrN4.2BrH/c1-26-16-28(22-12-5-3-10-20(22)26)14-18-8-7-9-19(24(18)25)15-29-17-27(2)21-11-4-6-13-23(21)29;;/h3-13,16-17H,14-15H2,1-2H3;2*1H/q+2;;/p-2. The second-order valence-corrected chi connectivity index (χ2v) is 8.37. The lowest BCUT2D eigenvalue weighted by Gasteiger charge is -2.08. The molecule has 2 heterocycles. The average molecular weight is 607 g/mol.